The molecular formula is C14H18FN3O2S2. The van der Waals surface area contributed by atoms with Gasteiger partial charge in [-0.3, -0.25) is 0 Å². The molecule has 3 rings (SSSR count). The van der Waals surface area contributed by atoms with Crippen molar-refractivity contribution in [3.05, 3.63) is 41.7 Å². The standard InChI is InChI=1S/C14H18FN3O2S2/c15-11-1-3-13(4-2-11)22(19,20)18-8-5-12(6-9-18)21-10-7-17-14(21)16/h1-4,7,10,12,21H,5-6,8-9H2,(H2,16,17). The second kappa shape index (κ2) is 6.02. The van der Waals surface area contributed by atoms with Crippen molar-refractivity contribution in [2.75, 3.05) is 13.1 Å². The Hall–Kier alpha value is -1.38. The molecule has 0 bridgehead atoms. The molecule has 0 aromatic heterocycles. The predicted octanol–water partition coefficient (Wildman–Crippen LogP) is 1.78. The molecule has 0 amide bonds. The fraction of sp³-hybridized carbons (Fsp3) is 0.357. The van der Waals surface area contributed by atoms with Crippen LogP contribution in [-0.2, 0) is 10.0 Å². The number of rotatable bonds is 3. The molecule has 22 heavy (non-hydrogen) atoms. The van der Waals surface area contributed by atoms with Crippen LogP contribution in [0.2, 0.25) is 0 Å². The van der Waals surface area contributed by atoms with Crippen LogP contribution >= 0.6 is 10.9 Å². The molecule has 1 aromatic carbocycles. The molecular weight excluding hydrogens is 325 g/mol. The van der Waals surface area contributed by atoms with Crippen molar-refractivity contribution in [3.8, 4) is 0 Å². The van der Waals surface area contributed by atoms with E-state index in [4.69, 9.17) is 5.73 Å². The molecule has 120 valence electrons. The Morgan fingerprint density at radius 2 is 1.86 bits per heavy atom. The summed E-state index contributed by atoms with van der Waals surface area (Å²) in [4.78, 5) is 4.23. The minimum Gasteiger partial charge on any atom is -0.379 e. The maximum atomic E-state index is 12.9. The zero-order chi connectivity index (χ0) is 15.7. The summed E-state index contributed by atoms with van der Waals surface area (Å²) in [5.41, 5.74) is 5.88. The van der Waals surface area contributed by atoms with Crippen molar-refractivity contribution in [3.63, 3.8) is 0 Å². The Bertz CT molecular complexity index is 708. The number of amidine groups is 1. The molecule has 2 N–H and O–H groups in total. The Kier molecular flexibility index (Phi) is 4.24. The van der Waals surface area contributed by atoms with Crippen molar-refractivity contribution >= 4 is 26.1 Å². The SMILES string of the molecule is NC1=NC=C[SH]1C1CCN(S(=O)(=O)c2ccc(F)cc2)CC1. The lowest BCUT2D eigenvalue weighted by atomic mass is 10.2. The maximum absolute atomic E-state index is 12.9. The van der Waals surface area contributed by atoms with E-state index in [1.165, 1.54) is 28.6 Å². The molecule has 1 aromatic rings. The van der Waals surface area contributed by atoms with E-state index in [2.05, 4.69) is 4.99 Å². The van der Waals surface area contributed by atoms with Gasteiger partial charge >= 0.3 is 0 Å². The number of hydrogen-bond acceptors (Lipinski definition) is 4. The summed E-state index contributed by atoms with van der Waals surface area (Å²) in [6.07, 6.45) is 3.28. The highest BCUT2D eigenvalue weighted by Crippen LogP contribution is 2.42. The highest BCUT2D eigenvalue weighted by atomic mass is 32.2. The molecule has 2 aliphatic heterocycles. The fourth-order valence-corrected chi connectivity index (χ4v) is 6.19. The van der Waals surface area contributed by atoms with Crippen molar-refractivity contribution in [1.82, 2.24) is 4.31 Å². The number of hydrogen-bond donors (Lipinski definition) is 2. The molecule has 2 aliphatic rings. The minimum absolute atomic E-state index is 0.139. The first kappa shape index (κ1) is 15.5. The number of nitrogens with zero attached hydrogens (tertiary/aromatic N) is 2. The first-order valence-corrected chi connectivity index (χ1v) is 9.94. The Morgan fingerprint density at radius 1 is 1.23 bits per heavy atom. The van der Waals surface area contributed by atoms with Crippen LogP contribution in [0.5, 0.6) is 0 Å². The average Bonchev–Trinajstić information content (AvgIpc) is 2.94. The van der Waals surface area contributed by atoms with Crippen LogP contribution in [-0.4, -0.2) is 36.2 Å². The highest BCUT2D eigenvalue weighted by molar-refractivity contribution is 8.32. The van der Waals surface area contributed by atoms with Gasteiger partial charge in [0.05, 0.1) is 4.90 Å². The van der Waals surface area contributed by atoms with E-state index >= 15 is 0 Å². The van der Waals surface area contributed by atoms with Gasteiger partial charge < -0.3 is 5.73 Å². The summed E-state index contributed by atoms with van der Waals surface area (Å²) < 4.78 is 39.5. The summed E-state index contributed by atoms with van der Waals surface area (Å²) in [6.45, 7) is 0.925. The molecule has 2 heterocycles. The van der Waals surface area contributed by atoms with E-state index in [1.807, 2.05) is 5.41 Å². The summed E-state index contributed by atoms with van der Waals surface area (Å²) in [5.74, 6) is -0.441. The van der Waals surface area contributed by atoms with Gasteiger partial charge in [-0.05, 0) is 47.8 Å². The molecule has 0 aliphatic carbocycles. The number of thiol groups is 1. The van der Waals surface area contributed by atoms with Gasteiger partial charge in [0.25, 0.3) is 0 Å². The largest absolute Gasteiger partial charge is 0.379 e. The van der Waals surface area contributed by atoms with Gasteiger partial charge in [0.2, 0.25) is 10.0 Å². The van der Waals surface area contributed by atoms with Gasteiger partial charge in [-0.25, -0.2) is 17.8 Å². The van der Waals surface area contributed by atoms with Crippen LogP contribution < -0.4 is 5.73 Å². The number of piperidine rings is 1. The summed E-state index contributed by atoms with van der Waals surface area (Å²) in [7, 11) is -4.11. The quantitative estimate of drug-likeness (QED) is 0.822. The van der Waals surface area contributed by atoms with Crippen molar-refractivity contribution in [2.45, 2.75) is 23.0 Å². The summed E-state index contributed by atoms with van der Waals surface area (Å²) in [6, 6.07) is 4.96. The second-order valence-electron chi connectivity index (χ2n) is 5.28. The van der Waals surface area contributed by atoms with Crippen LogP contribution in [0.1, 0.15) is 12.8 Å². The van der Waals surface area contributed by atoms with Gasteiger partial charge in [0, 0.05) is 19.3 Å². The summed E-state index contributed by atoms with van der Waals surface area (Å²) >= 11 is 0. The lowest BCUT2D eigenvalue weighted by Crippen LogP contribution is -2.40. The molecule has 0 radical (unpaired) electrons. The number of benzene rings is 1. The third kappa shape index (κ3) is 2.90. The minimum atomic E-state index is -3.54. The average molecular weight is 343 g/mol. The van der Waals surface area contributed by atoms with Crippen molar-refractivity contribution in [1.29, 1.82) is 0 Å². The maximum Gasteiger partial charge on any atom is 0.243 e. The number of halogens is 1. The third-order valence-electron chi connectivity index (χ3n) is 3.97. The second-order valence-corrected chi connectivity index (χ2v) is 9.52. The lowest BCUT2D eigenvalue weighted by Gasteiger charge is -2.35. The van der Waals surface area contributed by atoms with Crippen molar-refractivity contribution in [2.24, 2.45) is 10.7 Å². The zero-order valence-corrected chi connectivity index (χ0v) is 13.6. The van der Waals surface area contributed by atoms with Crippen LogP contribution in [0.25, 0.3) is 0 Å². The van der Waals surface area contributed by atoms with Gasteiger partial charge in [-0.1, -0.05) is 0 Å². The Morgan fingerprint density at radius 3 is 2.41 bits per heavy atom. The number of aliphatic imine (C=N–C) groups is 1. The van der Waals surface area contributed by atoms with Crippen LogP contribution in [0, 0.1) is 5.82 Å². The van der Waals surface area contributed by atoms with Gasteiger partial charge in [-0.2, -0.15) is 15.2 Å². The molecule has 0 spiro atoms. The fourth-order valence-electron chi connectivity index (χ4n) is 2.75. The predicted molar refractivity (Wildman–Crippen MR) is 87.9 cm³/mol. The van der Waals surface area contributed by atoms with Crippen molar-refractivity contribution < 1.29 is 12.8 Å². The summed E-state index contributed by atoms with van der Waals surface area (Å²) in [5, 5.41) is 3.10. The normalized spacial score (nSPS) is 25.3. The van der Waals surface area contributed by atoms with E-state index < -0.39 is 26.7 Å². The van der Waals surface area contributed by atoms with E-state index in [0.29, 0.717) is 23.5 Å². The Labute approximate surface area is 132 Å². The van der Waals surface area contributed by atoms with E-state index in [9.17, 15) is 12.8 Å². The third-order valence-corrected chi connectivity index (χ3v) is 8.28. The molecule has 1 atom stereocenters. The molecule has 1 fully saturated rings. The first-order valence-electron chi connectivity index (χ1n) is 7.02. The molecule has 8 heteroatoms. The molecule has 1 unspecified atom stereocenters. The van der Waals surface area contributed by atoms with Crippen LogP contribution in [0.15, 0.2) is 45.8 Å². The van der Waals surface area contributed by atoms with Crippen LogP contribution in [0.4, 0.5) is 4.39 Å². The van der Waals surface area contributed by atoms with E-state index in [-0.39, 0.29) is 4.90 Å². The highest BCUT2D eigenvalue weighted by Gasteiger charge is 2.32. The van der Waals surface area contributed by atoms with Gasteiger partial charge in [0.15, 0.2) is 0 Å². The van der Waals surface area contributed by atoms with Gasteiger partial charge in [-0.15, -0.1) is 0 Å². The molecule has 0 saturated carbocycles. The van der Waals surface area contributed by atoms with E-state index in [0.717, 1.165) is 12.8 Å². The number of sulfonamides is 1. The van der Waals surface area contributed by atoms with Gasteiger partial charge in [0.1, 0.15) is 11.0 Å². The van der Waals surface area contributed by atoms with Crippen LogP contribution in [0.3, 0.4) is 0 Å². The topological polar surface area (TPSA) is 75.8 Å². The molecule has 1 saturated heterocycles. The lowest BCUT2D eigenvalue weighted by molar-refractivity contribution is 0.352. The number of nitrogens with two attached hydrogens (primary N) is 1. The Balaban J connectivity index is 1.69. The first-order chi connectivity index (χ1) is 10.5. The smallest absolute Gasteiger partial charge is 0.243 e. The molecule has 5 nitrogen and oxygen atoms in total. The monoisotopic (exact) mass is 343 g/mol. The zero-order valence-electron chi connectivity index (χ0n) is 11.9. The van der Waals surface area contributed by atoms with E-state index in [1.54, 1.807) is 6.20 Å².